The van der Waals surface area contributed by atoms with Crippen molar-refractivity contribution in [1.82, 2.24) is 14.5 Å². The second-order valence-corrected chi connectivity index (χ2v) is 7.58. The van der Waals surface area contributed by atoms with E-state index in [0.717, 1.165) is 11.9 Å². The fourth-order valence-corrected chi connectivity index (χ4v) is 3.54. The van der Waals surface area contributed by atoms with Crippen LogP contribution in [0.3, 0.4) is 0 Å². The van der Waals surface area contributed by atoms with Crippen LogP contribution < -0.4 is 0 Å². The number of rotatable bonds is 7. The minimum atomic E-state index is -0.282. The Morgan fingerprint density at radius 1 is 1.21 bits per heavy atom. The van der Waals surface area contributed by atoms with E-state index in [0.29, 0.717) is 52.9 Å². The first-order chi connectivity index (χ1) is 13.4. The van der Waals surface area contributed by atoms with E-state index in [1.807, 2.05) is 11.5 Å². The molecule has 1 amide bonds. The lowest BCUT2D eigenvalue weighted by molar-refractivity contribution is -0.130. The molecule has 0 unspecified atom stereocenters. The Morgan fingerprint density at radius 2 is 1.93 bits per heavy atom. The zero-order valence-electron chi connectivity index (χ0n) is 15.9. The molecule has 3 rings (SSSR count). The van der Waals surface area contributed by atoms with Gasteiger partial charge in [0.2, 0.25) is 5.91 Å². The summed E-state index contributed by atoms with van der Waals surface area (Å²) in [5, 5.41) is 0.831. The van der Waals surface area contributed by atoms with Gasteiger partial charge in [0.25, 0.3) is 0 Å². The average Bonchev–Trinajstić information content (AvgIpc) is 2.98. The molecule has 7 heteroatoms. The minimum absolute atomic E-state index is 0.0561. The van der Waals surface area contributed by atoms with Crippen LogP contribution in [0.25, 0.3) is 11.0 Å². The molecule has 0 radical (unpaired) electrons. The lowest BCUT2D eigenvalue weighted by atomic mass is 10.1. The molecule has 0 atom stereocenters. The Morgan fingerprint density at radius 3 is 2.64 bits per heavy atom. The Balaban J connectivity index is 1.96. The number of aromatic nitrogens is 2. The van der Waals surface area contributed by atoms with Crippen molar-refractivity contribution in [3.05, 3.63) is 63.6 Å². The summed E-state index contributed by atoms with van der Waals surface area (Å²) in [6.45, 7) is 3.18. The molecule has 0 aliphatic carbocycles. The maximum Gasteiger partial charge on any atom is 0.224 e. The molecule has 2 aromatic carbocycles. The number of hydrogen-bond donors (Lipinski definition) is 0. The van der Waals surface area contributed by atoms with Gasteiger partial charge in [-0.1, -0.05) is 48.3 Å². The molecule has 0 saturated carbocycles. The van der Waals surface area contributed by atoms with Crippen LogP contribution in [0.5, 0.6) is 0 Å². The predicted octanol–water partition coefficient (Wildman–Crippen LogP) is 5.33. The zero-order valence-corrected chi connectivity index (χ0v) is 17.4. The van der Waals surface area contributed by atoms with Gasteiger partial charge in [-0.3, -0.25) is 4.79 Å². The van der Waals surface area contributed by atoms with Crippen molar-refractivity contribution in [1.29, 1.82) is 0 Å². The minimum Gasteiger partial charge on any atom is -0.346 e. The average molecular weight is 422 g/mol. The fraction of sp³-hybridized carbons (Fsp3) is 0.333. The van der Waals surface area contributed by atoms with E-state index in [4.69, 9.17) is 23.2 Å². The number of amides is 1. The summed E-state index contributed by atoms with van der Waals surface area (Å²) in [4.78, 5) is 18.8. The van der Waals surface area contributed by atoms with Crippen molar-refractivity contribution in [3.8, 4) is 0 Å². The highest BCUT2D eigenvalue weighted by molar-refractivity contribution is 6.42. The van der Waals surface area contributed by atoms with Gasteiger partial charge in [0, 0.05) is 33.0 Å². The highest BCUT2D eigenvalue weighted by Crippen LogP contribution is 2.29. The van der Waals surface area contributed by atoms with Crippen LogP contribution >= 0.6 is 23.2 Å². The highest BCUT2D eigenvalue weighted by atomic mass is 35.5. The van der Waals surface area contributed by atoms with Crippen LogP contribution in [0.1, 0.15) is 31.2 Å². The highest BCUT2D eigenvalue weighted by Gasteiger charge is 2.17. The van der Waals surface area contributed by atoms with Gasteiger partial charge in [-0.05, 0) is 30.2 Å². The molecule has 148 valence electrons. The lowest BCUT2D eigenvalue weighted by Crippen LogP contribution is -2.28. The Kier molecular flexibility index (Phi) is 6.57. The van der Waals surface area contributed by atoms with Crippen molar-refractivity contribution >= 4 is 40.1 Å². The fourth-order valence-electron chi connectivity index (χ4n) is 3.23. The molecule has 4 nitrogen and oxygen atoms in total. The van der Waals surface area contributed by atoms with Gasteiger partial charge in [0.15, 0.2) is 0 Å². The first kappa shape index (κ1) is 20.6. The molecule has 1 heterocycles. The van der Waals surface area contributed by atoms with Crippen LogP contribution in [0.15, 0.2) is 36.4 Å². The Hall–Kier alpha value is -2.11. The van der Waals surface area contributed by atoms with E-state index < -0.39 is 0 Å². The van der Waals surface area contributed by atoms with E-state index in [1.54, 1.807) is 42.3 Å². The van der Waals surface area contributed by atoms with E-state index in [9.17, 15) is 9.18 Å². The molecule has 0 aliphatic rings. The van der Waals surface area contributed by atoms with Gasteiger partial charge >= 0.3 is 0 Å². The topological polar surface area (TPSA) is 38.1 Å². The van der Waals surface area contributed by atoms with Gasteiger partial charge in [-0.2, -0.15) is 0 Å². The molecule has 0 N–H and O–H groups in total. The molecule has 28 heavy (non-hydrogen) atoms. The van der Waals surface area contributed by atoms with Crippen molar-refractivity contribution < 1.29 is 9.18 Å². The first-order valence-electron chi connectivity index (χ1n) is 9.22. The second kappa shape index (κ2) is 8.93. The molecule has 0 saturated heterocycles. The summed E-state index contributed by atoms with van der Waals surface area (Å²) in [5.41, 5.74) is 2.01. The molecule has 0 fully saturated rings. The first-order valence-corrected chi connectivity index (χ1v) is 9.97. The largest absolute Gasteiger partial charge is 0.346 e. The Bertz CT molecular complexity index is 1000. The van der Waals surface area contributed by atoms with Gasteiger partial charge in [-0.25, -0.2) is 9.37 Å². The van der Waals surface area contributed by atoms with Gasteiger partial charge in [0.05, 0.1) is 21.1 Å². The third-order valence-electron chi connectivity index (χ3n) is 4.71. The van der Waals surface area contributed by atoms with E-state index >= 15 is 0 Å². The van der Waals surface area contributed by atoms with E-state index in [-0.39, 0.29) is 11.7 Å². The van der Waals surface area contributed by atoms with Crippen LogP contribution in [0.2, 0.25) is 10.0 Å². The van der Waals surface area contributed by atoms with Gasteiger partial charge in [-0.15, -0.1) is 0 Å². The lowest BCUT2D eigenvalue weighted by Gasteiger charge is -2.17. The molecule has 3 aromatic rings. The summed E-state index contributed by atoms with van der Waals surface area (Å²) in [7, 11) is 1.80. The summed E-state index contributed by atoms with van der Waals surface area (Å²) < 4.78 is 16.1. The summed E-state index contributed by atoms with van der Waals surface area (Å²) in [6, 6.07) is 10.1. The Labute approximate surface area is 173 Å². The number of imidazole rings is 1. The number of carbonyl (C=O) groups excluding carboxylic acids is 1. The number of hydrogen-bond acceptors (Lipinski definition) is 2. The summed E-state index contributed by atoms with van der Waals surface area (Å²) in [5.74, 6) is 0.445. The van der Waals surface area contributed by atoms with Crippen LogP contribution in [0.4, 0.5) is 4.39 Å². The third-order valence-corrected chi connectivity index (χ3v) is 5.43. The number of fused-ring (bicyclic) bond motifs is 1. The van der Waals surface area contributed by atoms with E-state index in [1.165, 1.54) is 6.07 Å². The molecule has 1 aromatic heterocycles. The predicted molar refractivity (Wildman–Crippen MR) is 112 cm³/mol. The number of carbonyl (C=O) groups is 1. The molecule has 0 spiro atoms. The number of nitrogens with zero attached hydrogens (tertiary/aromatic N) is 3. The maximum absolute atomic E-state index is 14.2. The smallest absolute Gasteiger partial charge is 0.224 e. The number of aryl methyl sites for hydroxylation is 1. The van der Waals surface area contributed by atoms with Gasteiger partial charge < -0.3 is 9.47 Å². The number of benzene rings is 2. The second-order valence-electron chi connectivity index (χ2n) is 6.77. The molecule has 0 bridgehead atoms. The standard InChI is InChI=1S/C21H22Cl2FN3O/c1-3-9-26(2)21(28)8-10-27-19-13-16(23)15(22)12-18(19)25-20(27)11-14-6-4-5-7-17(14)24/h4-7,12-13H,3,8-11H2,1-2H3. The molecular weight excluding hydrogens is 400 g/mol. The normalized spacial score (nSPS) is 11.2. The van der Waals surface area contributed by atoms with Crippen molar-refractivity contribution in [3.63, 3.8) is 0 Å². The van der Waals surface area contributed by atoms with Crippen LogP contribution in [0, 0.1) is 5.82 Å². The number of halogens is 3. The third kappa shape index (κ3) is 4.47. The van der Waals surface area contributed by atoms with Crippen LogP contribution in [-0.4, -0.2) is 34.0 Å². The SMILES string of the molecule is CCCN(C)C(=O)CCn1c(Cc2ccccc2F)nc2cc(Cl)c(Cl)cc21. The molecular formula is C21H22Cl2FN3O. The maximum atomic E-state index is 14.2. The van der Waals surface area contributed by atoms with Gasteiger partial charge in [0.1, 0.15) is 11.6 Å². The van der Waals surface area contributed by atoms with Crippen molar-refractivity contribution in [2.75, 3.05) is 13.6 Å². The van der Waals surface area contributed by atoms with Crippen LogP contribution in [-0.2, 0) is 17.8 Å². The monoisotopic (exact) mass is 421 g/mol. The van der Waals surface area contributed by atoms with Crippen molar-refractivity contribution in [2.24, 2.45) is 0 Å². The summed E-state index contributed by atoms with van der Waals surface area (Å²) >= 11 is 12.3. The summed E-state index contributed by atoms with van der Waals surface area (Å²) in [6.07, 6.45) is 1.55. The zero-order chi connectivity index (χ0) is 20.3. The quantitative estimate of drug-likeness (QED) is 0.516. The molecule has 0 aliphatic heterocycles. The van der Waals surface area contributed by atoms with E-state index in [2.05, 4.69) is 4.98 Å². The van der Waals surface area contributed by atoms with Crippen molar-refractivity contribution in [2.45, 2.75) is 32.7 Å².